The number of rotatable bonds is 2. The second-order valence-corrected chi connectivity index (χ2v) is 8.61. The van der Waals surface area contributed by atoms with Gasteiger partial charge in [-0.1, -0.05) is 6.92 Å². The summed E-state index contributed by atoms with van der Waals surface area (Å²) < 4.78 is 5.37. The zero-order valence-electron chi connectivity index (χ0n) is 16.3. The van der Waals surface area contributed by atoms with E-state index in [0.29, 0.717) is 52.1 Å². The number of carboxylic acids is 1. The maximum absolute atomic E-state index is 12.7. The van der Waals surface area contributed by atoms with Crippen LogP contribution in [-0.4, -0.2) is 82.8 Å². The van der Waals surface area contributed by atoms with E-state index in [9.17, 15) is 14.4 Å². The van der Waals surface area contributed by atoms with Crippen LogP contribution in [0.3, 0.4) is 0 Å². The molecule has 0 spiro atoms. The Morgan fingerprint density at radius 1 is 0.923 bits per heavy atom. The summed E-state index contributed by atoms with van der Waals surface area (Å²) in [5.41, 5.74) is -0.765. The van der Waals surface area contributed by atoms with Crippen LogP contribution in [-0.2, 0) is 9.53 Å². The molecule has 8 heteroatoms. The minimum absolute atomic E-state index is 0.0220. The highest BCUT2D eigenvalue weighted by Crippen LogP contribution is 2.34. The van der Waals surface area contributed by atoms with Crippen LogP contribution in [0.25, 0.3) is 0 Å². The van der Waals surface area contributed by atoms with Gasteiger partial charge in [0.25, 0.3) is 0 Å². The molecule has 2 aliphatic rings. The summed E-state index contributed by atoms with van der Waals surface area (Å²) >= 11 is 0. The molecule has 26 heavy (non-hydrogen) atoms. The van der Waals surface area contributed by atoms with Gasteiger partial charge >= 0.3 is 18.1 Å². The summed E-state index contributed by atoms with van der Waals surface area (Å²) in [6.45, 7) is 10.5. The van der Waals surface area contributed by atoms with Crippen molar-refractivity contribution < 1.29 is 24.2 Å². The van der Waals surface area contributed by atoms with Crippen molar-refractivity contribution in [2.24, 2.45) is 5.41 Å². The van der Waals surface area contributed by atoms with E-state index < -0.39 is 11.6 Å². The average molecular weight is 369 g/mol. The predicted molar refractivity (Wildman–Crippen MR) is 95.9 cm³/mol. The zero-order valence-corrected chi connectivity index (χ0v) is 16.3. The monoisotopic (exact) mass is 369 g/mol. The lowest BCUT2D eigenvalue weighted by Gasteiger charge is -2.42. The number of ether oxygens (including phenoxy) is 1. The van der Waals surface area contributed by atoms with Crippen molar-refractivity contribution >= 4 is 18.1 Å². The third-order valence-corrected chi connectivity index (χ3v) is 5.02. The maximum Gasteiger partial charge on any atom is 0.410 e. The van der Waals surface area contributed by atoms with Gasteiger partial charge in [-0.3, -0.25) is 4.79 Å². The van der Waals surface area contributed by atoms with E-state index in [0.717, 1.165) is 0 Å². The maximum atomic E-state index is 12.7. The third-order valence-electron chi connectivity index (χ3n) is 5.02. The number of piperazine rings is 1. The van der Waals surface area contributed by atoms with Crippen molar-refractivity contribution in [2.75, 3.05) is 39.3 Å². The normalized spacial score (nSPS) is 20.7. The lowest BCUT2D eigenvalue weighted by atomic mass is 9.78. The molecule has 0 unspecified atom stereocenters. The van der Waals surface area contributed by atoms with Crippen LogP contribution in [0.4, 0.5) is 9.59 Å². The predicted octanol–water partition coefficient (Wildman–Crippen LogP) is 2.24. The Labute approximate surface area is 155 Å². The molecular formula is C18H31N3O5. The number of aliphatic carboxylic acids is 1. The molecule has 2 aliphatic heterocycles. The van der Waals surface area contributed by atoms with Crippen LogP contribution in [0, 0.1) is 5.41 Å². The van der Waals surface area contributed by atoms with Crippen molar-refractivity contribution in [1.82, 2.24) is 14.7 Å². The van der Waals surface area contributed by atoms with Crippen LogP contribution < -0.4 is 0 Å². The van der Waals surface area contributed by atoms with Gasteiger partial charge < -0.3 is 24.5 Å². The molecule has 0 aromatic rings. The van der Waals surface area contributed by atoms with Crippen molar-refractivity contribution in [3.8, 4) is 0 Å². The van der Waals surface area contributed by atoms with Crippen molar-refractivity contribution in [3.05, 3.63) is 0 Å². The summed E-state index contributed by atoms with van der Waals surface area (Å²) in [5, 5.41) is 9.02. The van der Waals surface area contributed by atoms with E-state index in [1.165, 1.54) is 0 Å². The van der Waals surface area contributed by atoms with Gasteiger partial charge in [0.1, 0.15) is 5.60 Å². The number of carbonyl (C=O) groups excluding carboxylic acids is 2. The SMILES string of the molecule is CC1(CC(=O)O)CCN(C(=O)N2CCN(C(=O)OC(C)(C)C)CC2)CC1. The number of piperidine rings is 1. The second kappa shape index (κ2) is 7.72. The Kier molecular flexibility index (Phi) is 6.03. The van der Waals surface area contributed by atoms with Gasteiger partial charge in [0.05, 0.1) is 6.42 Å². The number of carbonyl (C=O) groups is 3. The van der Waals surface area contributed by atoms with Crippen LogP contribution in [0.15, 0.2) is 0 Å². The molecule has 2 saturated heterocycles. The number of carboxylic acid groups (broad SMARTS) is 1. The van der Waals surface area contributed by atoms with E-state index in [1.54, 1.807) is 14.7 Å². The molecule has 2 heterocycles. The van der Waals surface area contributed by atoms with E-state index in [-0.39, 0.29) is 24.0 Å². The molecular weight excluding hydrogens is 338 g/mol. The molecule has 3 amide bonds. The highest BCUT2D eigenvalue weighted by molar-refractivity contribution is 5.75. The molecule has 0 radical (unpaired) electrons. The molecule has 0 atom stereocenters. The minimum Gasteiger partial charge on any atom is -0.481 e. The highest BCUT2D eigenvalue weighted by Gasteiger charge is 2.36. The zero-order chi connectivity index (χ0) is 19.5. The molecule has 2 rings (SSSR count). The second-order valence-electron chi connectivity index (χ2n) is 8.61. The Balaban J connectivity index is 1.80. The lowest BCUT2D eigenvalue weighted by molar-refractivity contribution is -0.140. The topological polar surface area (TPSA) is 90.4 Å². The summed E-state index contributed by atoms with van der Waals surface area (Å²) in [5.74, 6) is -0.787. The largest absolute Gasteiger partial charge is 0.481 e. The van der Waals surface area contributed by atoms with Crippen molar-refractivity contribution in [2.45, 2.75) is 52.6 Å². The average Bonchev–Trinajstić information content (AvgIpc) is 2.52. The van der Waals surface area contributed by atoms with Gasteiger partial charge in [-0.05, 0) is 39.0 Å². The molecule has 0 aromatic carbocycles. The Morgan fingerprint density at radius 3 is 1.85 bits per heavy atom. The first kappa shape index (κ1) is 20.3. The standard InChI is InChI=1S/C18H31N3O5/c1-17(2,3)26-16(25)21-11-9-20(10-12-21)15(24)19-7-5-18(4,6-8-19)13-14(22)23/h5-13H2,1-4H3,(H,22,23). The fraction of sp³-hybridized carbons (Fsp3) is 0.833. The number of likely N-dealkylation sites (tertiary alicyclic amines) is 1. The summed E-state index contributed by atoms with van der Waals surface area (Å²) in [7, 11) is 0. The molecule has 0 aromatic heterocycles. The van der Waals surface area contributed by atoms with Gasteiger partial charge in [-0.15, -0.1) is 0 Å². The van der Waals surface area contributed by atoms with Crippen molar-refractivity contribution in [3.63, 3.8) is 0 Å². The number of hydrogen-bond donors (Lipinski definition) is 1. The van der Waals surface area contributed by atoms with Gasteiger partial charge in [-0.25, -0.2) is 9.59 Å². The Bertz CT molecular complexity index is 542. The number of urea groups is 1. The first-order chi connectivity index (χ1) is 12.0. The first-order valence-corrected chi connectivity index (χ1v) is 9.23. The number of hydrogen-bond acceptors (Lipinski definition) is 4. The van der Waals surface area contributed by atoms with E-state index in [1.807, 2.05) is 27.7 Å². The molecule has 148 valence electrons. The fourth-order valence-electron chi connectivity index (χ4n) is 3.39. The summed E-state index contributed by atoms with van der Waals surface area (Å²) in [4.78, 5) is 41.0. The molecule has 0 bridgehead atoms. The molecule has 0 saturated carbocycles. The first-order valence-electron chi connectivity index (χ1n) is 9.23. The van der Waals surface area contributed by atoms with E-state index >= 15 is 0 Å². The molecule has 0 aliphatic carbocycles. The third kappa shape index (κ3) is 5.51. The van der Waals surface area contributed by atoms with Gasteiger partial charge in [0.2, 0.25) is 0 Å². The van der Waals surface area contributed by atoms with Crippen LogP contribution in [0.1, 0.15) is 47.0 Å². The smallest absolute Gasteiger partial charge is 0.410 e. The van der Waals surface area contributed by atoms with Crippen LogP contribution in [0.5, 0.6) is 0 Å². The molecule has 2 fully saturated rings. The quantitative estimate of drug-likeness (QED) is 0.806. The fourth-order valence-corrected chi connectivity index (χ4v) is 3.39. The van der Waals surface area contributed by atoms with Gasteiger partial charge in [0, 0.05) is 39.3 Å². The van der Waals surface area contributed by atoms with Crippen molar-refractivity contribution in [1.29, 1.82) is 0 Å². The molecule has 8 nitrogen and oxygen atoms in total. The van der Waals surface area contributed by atoms with E-state index in [2.05, 4.69) is 0 Å². The number of amides is 3. The Hall–Kier alpha value is -1.99. The Morgan fingerprint density at radius 2 is 1.38 bits per heavy atom. The van der Waals surface area contributed by atoms with E-state index in [4.69, 9.17) is 9.84 Å². The summed E-state index contributed by atoms with van der Waals surface area (Å²) in [6.07, 6.45) is 1.20. The minimum atomic E-state index is -0.787. The highest BCUT2D eigenvalue weighted by atomic mass is 16.6. The van der Waals surface area contributed by atoms with Crippen LogP contribution in [0.2, 0.25) is 0 Å². The van der Waals surface area contributed by atoms with Gasteiger partial charge in [0.15, 0.2) is 0 Å². The summed E-state index contributed by atoms with van der Waals surface area (Å²) in [6, 6.07) is -0.0220. The lowest BCUT2D eigenvalue weighted by Crippen LogP contribution is -2.56. The molecule has 1 N–H and O–H groups in total. The number of nitrogens with zero attached hydrogens (tertiary/aromatic N) is 3. The van der Waals surface area contributed by atoms with Gasteiger partial charge in [-0.2, -0.15) is 0 Å². The van der Waals surface area contributed by atoms with Crippen LogP contribution >= 0.6 is 0 Å².